The summed E-state index contributed by atoms with van der Waals surface area (Å²) in [6.07, 6.45) is 3.80. The first-order valence-corrected chi connectivity index (χ1v) is 6.06. The number of aryl methyl sites for hydroxylation is 1. The standard InChI is InChI=1S/C12H17N5/c1-10-2-3-14-12-11(8-15-17(10)12)9-16-6-4-13-5-7-16/h2-3,8,13H,4-7,9H2,1H3. The summed E-state index contributed by atoms with van der Waals surface area (Å²) in [6, 6.07) is 1.98. The molecule has 0 saturated carbocycles. The normalized spacial score (nSPS) is 17.7. The van der Waals surface area contributed by atoms with Gasteiger partial charge in [0.15, 0.2) is 5.65 Å². The van der Waals surface area contributed by atoms with E-state index in [1.165, 1.54) is 5.56 Å². The maximum Gasteiger partial charge on any atom is 0.159 e. The molecule has 0 amide bonds. The summed E-state index contributed by atoms with van der Waals surface area (Å²) in [5, 5.41) is 7.76. The van der Waals surface area contributed by atoms with Crippen molar-refractivity contribution in [3.05, 3.63) is 29.7 Å². The van der Waals surface area contributed by atoms with E-state index in [1.54, 1.807) is 0 Å². The molecule has 1 N–H and O–H groups in total. The fourth-order valence-electron chi connectivity index (χ4n) is 2.28. The van der Waals surface area contributed by atoms with E-state index in [9.17, 15) is 0 Å². The molecule has 0 bridgehead atoms. The smallest absolute Gasteiger partial charge is 0.159 e. The summed E-state index contributed by atoms with van der Waals surface area (Å²) < 4.78 is 1.91. The van der Waals surface area contributed by atoms with Crippen molar-refractivity contribution in [2.45, 2.75) is 13.5 Å². The maximum absolute atomic E-state index is 4.43. The molecule has 0 radical (unpaired) electrons. The summed E-state index contributed by atoms with van der Waals surface area (Å²) in [7, 11) is 0. The van der Waals surface area contributed by atoms with Crippen LogP contribution in [0.1, 0.15) is 11.3 Å². The van der Waals surface area contributed by atoms with Crippen molar-refractivity contribution in [3.8, 4) is 0 Å². The van der Waals surface area contributed by atoms with Gasteiger partial charge in [-0.3, -0.25) is 4.90 Å². The van der Waals surface area contributed by atoms with Gasteiger partial charge in [0, 0.05) is 50.2 Å². The molecule has 2 aromatic rings. The Labute approximate surface area is 100 Å². The number of piperazine rings is 1. The number of rotatable bonds is 2. The molecule has 90 valence electrons. The molecule has 3 heterocycles. The first kappa shape index (κ1) is 10.7. The van der Waals surface area contributed by atoms with Gasteiger partial charge in [-0.15, -0.1) is 0 Å². The van der Waals surface area contributed by atoms with E-state index in [1.807, 2.05) is 23.0 Å². The maximum atomic E-state index is 4.43. The molecule has 1 aliphatic rings. The Kier molecular flexibility index (Phi) is 2.78. The van der Waals surface area contributed by atoms with E-state index in [2.05, 4.69) is 27.2 Å². The lowest BCUT2D eigenvalue weighted by Crippen LogP contribution is -2.42. The molecule has 1 saturated heterocycles. The van der Waals surface area contributed by atoms with Crippen LogP contribution in [0.25, 0.3) is 5.65 Å². The van der Waals surface area contributed by atoms with Crippen molar-refractivity contribution in [2.24, 2.45) is 0 Å². The van der Waals surface area contributed by atoms with E-state index < -0.39 is 0 Å². The Bertz CT molecular complexity index is 513. The molecule has 3 rings (SSSR count). The summed E-state index contributed by atoms with van der Waals surface area (Å²) >= 11 is 0. The Balaban J connectivity index is 1.87. The minimum atomic E-state index is 0.946. The zero-order valence-corrected chi connectivity index (χ0v) is 10.1. The molecule has 0 aromatic carbocycles. The molecule has 0 spiro atoms. The summed E-state index contributed by atoms with van der Waals surface area (Å²) in [6.45, 7) is 7.35. The molecule has 0 aliphatic carbocycles. The van der Waals surface area contributed by atoms with Crippen LogP contribution < -0.4 is 5.32 Å². The summed E-state index contributed by atoms with van der Waals surface area (Å²) in [5.41, 5.74) is 3.33. The number of nitrogens with zero attached hydrogens (tertiary/aromatic N) is 4. The van der Waals surface area contributed by atoms with Crippen molar-refractivity contribution in [3.63, 3.8) is 0 Å². The van der Waals surface area contributed by atoms with Gasteiger partial charge in [0.05, 0.1) is 6.20 Å². The molecule has 17 heavy (non-hydrogen) atoms. The van der Waals surface area contributed by atoms with Crippen LogP contribution in [0.5, 0.6) is 0 Å². The zero-order valence-electron chi connectivity index (χ0n) is 10.1. The lowest BCUT2D eigenvalue weighted by molar-refractivity contribution is 0.234. The first-order chi connectivity index (χ1) is 8.34. The van der Waals surface area contributed by atoms with E-state index in [-0.39, 0.29) is 0 Å². The van der Waals surface area contributed by atoms with Gasteiger partial charge in [-0.05, 0) is 13.0 Å². The Morgan fingerprint density at radius 2 is 2.18 bits per heavy atom. The highest BCUT2D eigenvalue weighted by Gasteiger charge is 2.13. The average molecular weight is 231 g/mol. The minimum absolute atomic E-state index is 0.946. The van der Waals surface area contributed by atoms with Crippen LogP contribution in [-0.2, 0) is 6.54 Å². The van der Waals surface area contributed by atoms with Gasteiger partial charge in [-0.2, -0.15) is 5.10 Å². The van der Waals surface area contributed by atoms with Crippen LogP contribution >= 0.6 is 0 Å². The number of nitrogens with one attached hydrogen (secondary N) is 1. The zero-order chi connectivity index (χ0) is 11.7. The van der Waals surface area contributed by atoms with Crippen LogP contribution in [0.15, 0.2) is 18.5 Å². The molecule has 5 nitrogen and oxygen atoms in total. The SMILES string of the molecule is Cc1ccnc2c(CN3CCNCC3)cnn12. The summed E-state index contributed by atoms with van der Waals surface area (Å²) in [4.78, 5) is 6.87. The van der Waals surface area contributed by atoms with Crippen molar-refractivity contribution < 1.29 is 0 Å². The van der Waals surface area contributed by atoms with Crippen LogP contribution in [0.2, 0.25) is 0 Å². The predicted octanol–water partition coefficient (Wildman–Crippen LogP) is 0.443. The second kappa shape index (κ2) is 4.43. The van der Waals surface area contributed by atoms with Crippen molar-refractivity contribution >= 4 is 5.65 Å². The molecule has 0 atom stereocenters. The van der Waals surface area contributed by atoms with Crippen LogP contribution in [-0.4, -0.2) is 45.7 Å². The Hall–Kier alpha value is -1.46. The van der Waals surface area contributed by atoms with Crippen LogP contribution in [0, 0.1) is 6.92 Å². The van der Waals surface area contributed by atoms with Crippen molar-refractivity contribution in [2.75, 3.05) is 26.2 Å². The number of fused-ring (bicyclic) bond motifs is 1. The third kappa shape index (κ3) is 2.03. The summed E-state index contributed by atoms with van der Waals surface area (Å²) in [5.74, 6) is 0. The van der Waals surface area contributed by atoms with E-state index in [0.717, 1.165) is 44.1 Å². The average Bonchev–Trinajstić information content (AvgIpc) is 2.76. The van der Waals surface area contributed by atoms with Gasteiger partial charge in [0.25, 0.3) is 0 Å². The van der Waals surface area contributed by atoms with E-state index in [4.69, 9.17) is 0 Å². The van der Waals surface area contributed by atoms with Gasteiger partial charge in [0.1, 0.15) is 0 Å². The number of hydrogen-bond acceptors (Lipinski definition) is 4. The van der Waals surface area contributed by atoms with Gasteiger partial charge >= 0.3 is 0 Å². The van der Waals surface area contributed by atoms with E-state index in [0.29, 0.717) is 0 Å². The molecular weight excluding hydrogens is 214 g/mol. The largest absolute Gasteiger partial charge is 0.314 e. The van der Waals surface area contributed by atoms with Gasteiger partial charge < -0.3 is 5.32 Å². The number of aromatic nitrogens is 3. The molecule has 0 unspecified atom stereocenters. The topological polar surface area (TPSA) is 45.5 Å². The Morgan fingerprint density at radius 1 is 1.35 bits per heavy atom. The van der Waals surface area contributed by atoms with Gasteiger partial charge in [0.2, 0.25) is 0 Å². The Morgan fingerprint density at radius 3 is 3.00 bits per heavy atom. The van der Waals surface area contributed by atoms with Crippen LogP contribution in [0.4, 0.5) is 0 Å². The van der Waals surface area contributed by atoms with Gasteiger partial charge in [-0.25, -0.2) is 9.50 Å². The minimum Gasteiger partial charge on any atom is -0.314 e. The second-order valence-electron chi connectivity index (χ2n) is 4.52. The first-order valence-electron chi connectivity index (χ1n) is 6.06. The lowest BCUT2D eigenvalue weighted by atomic mass is 10.2. The second-order valence-corrected chi connectivity index (χ2v) is 4.52. The fourth-order valence-corrected chi connectivity index (χ4v) is 2.28. The highest BCUT2D eigenvalue weighted by Crippen LogP contribution is 2.12. The molecule has 1 fully saturated rings. The van der Waals surface area contributed by atoms with Gasteiger partial charge in [-0.1, -0.05) is 0 Å². The highest BCUT2D eigenvalue weighted by atomic mass is 15.3. The molecule has 1 aliphatic heterocycles. The lowest BCUT2D eigenvalue weighted by Gasteiger charge is -2.26. The predicted molar refractivity (Wildman–Crippen MR) is 65.9 cm³/mol. The molecule has 2 aromatic heterocycles. The monoisotopic (exact) mass is 231 g/mol. The quantitative estimate of drug-likeness (QED) is 0.815. The van der Waals surface area contributed by atoms with E-state index >= 15 is 0 Å². The molecule has 5 heteroatoms. The van der Waals surface area contributed by atoms with Crippen LogP contribution in [0.3, 0.4) is 0 Å². The third-order valence-corrected chi connectivity index (χ3v) is 3.27. The van der Waals surface area contributed by atoms with Crippen molar-refractivity contribution in [1.29, 1.82) is 0 Å². The third-order valence-electron chi connectivity index (χ3n) is 3.27. The fraction of sp³-hybridized carbons (Fsp3) is 0.500. The number of hydrogen-bond donors (Lipinski definition) is 1. The molecular formula is C12H17N5. The highest BCUT2D eigenvalue weighted by molar-refractivity contribution is 5.46. The van der Waals surface area contributed by atoms with Crippen molar-refractivity contribution in [1.82, 2.24) is 24.8 Å².